The Kier molecular flexibility index (Phi) is 4.68. The Morgan fingerprint density at radius 2 is 2.04 bits per heavy atom. The summed E-state index contributed by atoms with van der Waals surface area (Å²) >= 11 is 0. The molecular formula is C20H22N6O2. The molecule has 1 N–H and O–H groups in total. The van der Waals surface area contributed by atoms with Crippen molar-refractivity contribution in [2.24, 2.45) is 0 Å². The topological polar surface area (TPSA) is 90.6 Å². The van der Waals surface area contributed by atoms with E-state index in [2.05, 4.69) is 20.1 Å². The zero-order valence-corrected chi connectivity index (χ0v) is 16.1. The molecule has 0 bridgehead atoms. The van der Waals surface area contributed by atoms with Crippen LogP contribution in [0.25, 0.3) is 22.3 Å². The fourth-order valence-electron chi connectivity index (χ4n) is 3.37. The first-order valence-electron chi connectivity index (χ1n) is 9.16. The highest BCUT2D eigenvalue weighted by Crippen LogP contribution is 2.22. The van der Waals surface area contributed by atoms with Gasteiger partial charge in [-0.25, -0.2) is 9.97 Å². The largest absolute Gasteiger partial charge is 0.497 e. The maximum Gasteiger partial charge on any atom is 0.259 e. The molecule has 1 aromatic carbocycles. The van der Waals surface area contributed by atoms with Crippen LogP contribution in [0.5, 0.6) is 5.75 Å². The molecule has 0 aliphatic heterocycles. The zero-order chi connectivity index (χ0) is 19.7. The number of rotatable bonds is 6. The number of aryl methyl sites for hydroxylation is 4. The molecule has 0 spiro atoms. The molecule has 0 radical (unpaired) electrons. The van der Waals surface area contributed by atoms with Crippen molar-refractivity contribution in [3.63, 3.8) is 0 Å². The van der Waals surface area contributed by atoms with Crippen LogP contribution in [0, 0.1) is 13.8 Å². The number of hydrogen-bond donors (Lipinski definition) is 1. The molecule has 28 heavy (non-hydrogen) atoms. The minimum Gasteiger partial charge on any atom is -0.497 e. The van der Waals surface area contributed by atoms with E-state index in [1.54, 1.807) is 13.3 Å². The molecule has 0 saturated carbocycles. The number of fused-ring (bicyclic) bond motifs is 1. The summed E-state index contributed by atoms with van der Waals surface area (Å²) in [7, 11) is 1.60. The van der Waals surface area contributed by atoms with Crippen LogP contribution >= 0.6 is 0 Å². The minimum atomic E-state index is -0.170. The van der Waals surface area contributed by atoms with Crippen molar-refractivity contribution in [1.29, 1.82) is 0 Å². The summed E-state index contributed by atoms with van der Waals surface area (Å²) in [5, 5.41) is 5.32. The van der Waals surface area contributed by atoms with E-state index in [4.69, 9.17) is 4.74 Å². The number of aromatic amines is 1. The second-order valence-corrected chi connectivity index (χ2v) is 6.69. The van der Waals surface area contributed by atoms with Crippen LogP contribution < -0.4 is 10.3 Å². The zero-order valence-electron chi connectivity index (χ0n) is 16.1. The van der Waals surface area contributed by atoms with Crippen molar-refractivity contribution in [2.45, 2.75) is 33.4 Å². The highest BCUT2D eigenvalue weighted by Gasteiger charge is 2.12. The summed E-state index contributed by atoms with van der Waals surface area (Å²) in [5.41, 5.74) is 1.12. The van der Waals surface area contributed by atoms with Gasteiger partial charge in [0.1, 0.15) is 23.2 Å². The van der Waals surface area contributed by atoms with E-state index >= 15 is 0 Å². The van der Waals surface area contributed by atoms with Crippen LogP contribution in [0.1, 0.15) is 18.1 Å². The number of pyridine rings is 1. The van der Waals surface area contributed by atoms with Crippen LogP contribution in [0.3, 0.4) is 0 Å². The molecule has 0 atom stereocenters. The number of H-pyrrole nitrogens is 1. The van der Waals surface area contributed by atoms with Gasteiger partial charge in [-0.3, -0.25) is 9.48 Å². The van der Waals surface area contributed by atoms with Crippen LogP contribution in [-0.2, 0) is 13.1 Å². The lowest BCUT2D eigenvalue weighted by Gasteiger charge is -2.09. The van der Waals surface area contributed by atoms with E-state index < -0.39 is 0 Å². The molecule has 0 saturated heterocycles. The van der Waals surface area contributed by atoms with E-state index in [0.717, 1.165) is 42.1 Å². The highest BCUT2D eigenvalue weighted by atomic mass is 16.5. The average Bonchev–Trinajstić information content (AvgIpc) is 3.26. The molecule has 3 heterocycles. The lowest BCUT2D eigenvalue weighted by Crippen LogP contribution is -2.13. The van der Waals surface area contributed by atoms with E-state index in [0.29, 0.717) is 17.1 Å². The summed E-state index contributed by atoms with van der Waals surface area (Å²) in [4.78, 5) is 24.3. The Morgan fingerprint density at radius 1 is 1.18 bits per heavy atom. The van der Waals surface area contributed by atoms with Gasteiger partial charge in [0, 0.05) is 31.5 Å². The smallest absolute Gasteiger partial charge is 0.259 e. The third kappa shape index (κ3) is 3.40. The number of aromatic nitrogens is 6. The van der Waals surface area contributed by atoms with Crippen LogP contribution in [0.15, 0.2) is 41.5 Å². The van der Waals surface area contributed by atoms with Crippen molar-refractivity contribution in [3.05, 3.63) is 58.7 Å². The molecule has 144 valence electrons. The predicted molar refractivity (Wildman–Crippen MR) is 106 cm³/mol. The van der Waals surface area contributed by atoms with E-state index in [-0.39, 0.29) is 5.56 Å². The quantitative estimate of drug-likeness (QED) is 0.557. The number of benzene rings is 1. The van der Waals surface area contributed by atoms with Gasteiger partial charge in [-0.15, -0.1) is 0 Å². The molecule has 4 rings (SSSR count). The van der Waals surface area contributed by atoms with Gasteiger partial charge in [-0.05, 0) is 43.9 Å². The third-order valence-electron chi connectivity index (χ3n) is 4.74. The Labute approximate surface area is 161 Å². The Morgan fingerprint density at radius 3 is 2.79 bits per heavy atom. The van der Waals surface area contributed by atoms with Crippen LogP contribution in [-0.4, -0.2) is 36.4 Å². The lowest BCUT2D eigenvalue weighted by molar-refractivity contribution is 0.415. The SMILES string of the molecule is COc1ccc2cc(-c3nccn3CCCn3nc(C)nc3C)c(=O)[nH]c2c1. The van der Waals surface area contributed by atoms with Gasteiger partial charge in [0.2, 0.25) is 0 Å². The van der Waals surface area contributed by atoms with Crippen molar-refractivity contribution in [2.75, 3.05) is 7.11 Å². The third-order valence-corrected chi connectivity index (χ3v) is 4.74. The van der Waals surface area contributed by atoms with E-state index in [1.807, 2.05) is 53.6 Å². The maximum atomic E-state index is 12.7. The summed E-state index contributed by atoms with van der Waals surface area (Å²) in [6.07, 6.45) is 4.47. The van der Waals surface area contributed by atoms with Gasteiger partial charge in [0.25, 0.3) is 5.56 Å². The molecule has 8 heteroatoms. The number of nitrogens with one attached hydrogen (secondary N) is 1. The average molecular weight is 378 g/mol. The Hall–Kier alpha value is -3.42. The minimum absolute atomic E-state index is 0.170. The monoisotopic (exact) mass is 378 g/mol. The molecular weight excluding hydrogens is 356 g/mol. The highest BCUT2D eigenvalue weighted by molar-refractivity contribution is 5.83. The van der Waals surface area contributed by atoms with Gasteiger partial charge < -0.3 is 14.3 Å². The summed E-state index contributed by atoms with van der Waals surface area (Å²) in [6, 6.07) is 7.49. The second kappa shape index (κ2) is 7.30. The second-order valence-electron chi connectivity index (χ2n) is 6.69. The van der Waals surface area contributed by atoms with Crippen molar-refractivity contribution < 1.29 is 4.74 Å². The standard InChI is InChI=1S/C20H22N6O2/c1-13-22-14(2)26(24-13)9-4-8-25-10-7-21-19(25)17-11-15-5-6-16(28-3)12-18(15)23-20(17)27/h5-7,10-12H,4,8-9H2,1-3H3,(H,23,27). The van der Waals surface area contributed by atoms with Gasteiger partial charge in [-0.1, -0.05) is 0 Å². The molecule has 0 aliphatic carbocycles. The molecule has 0 unspecified atom stereocenters. The fourth-order valence-corrected chi connectivity index (χ4v) is 3.37. The number of nitrogens with zero attached hydrogens (tertiary/aromatic N) is 5. The summed E-state index contributed by atoms with van der Waals surface area (Å²) in [6.45, 7) is 5.33. The predicted octanol–water partition coefficient (Wildman–Crippen LogP) is 2.70. The van der Waals surface area contributed by atoms with Gasteiger partial charge in [0.05, 0.1) is 18.2 Å². The molecule has 0 amide bonds. The van der Waals surface area contributed by atoms with Crippen molar-refractivity contribution in [3.8, 4) is 17.1 Å². The molecule has 3 aromatic heterocycles. The Balaban J connectivity index is 1.59. The molecule has 0 fully saturated rings. The van der Waals surface area contributed by atoms with Gasteiger partial charge in [-0.2, -0.15) is 5.10 Å². The molecule has 0 aliphatic rings. The summed E-state index contributed by atoms with van der Waals surface area (Å²) in [5.74, 6) is 3.05. The molecule has 8 nitrogen and oxygen atoms in total. The summed E-state index contributed by atoms with van der Waals surface area (Å²) < 4.78 is 9.13. The van der Waals surface area contributed by atoms with Crippen LogP contribution in [0.4, 0.5) is 0 Å². The number of methoxy groups -OCH3 is 1. The first-order valence-corrected chi connectivity index (χ1v) is 9.16. The van der Waals surface area contributed by atoms with Crippen molar-refractivity contribution >= 4 is 10.9 Å². The number of ether oxygens (including phenoxy) is 1. The van der Waals surface area contributed by atoms with E-state index in [1.165, 1.54) is 0 Å². The Bertz CT molecular complexity index is 1190. The number of imidazole rings is 1. The van der Waals surface area contributed by atoms with Gasteiger partial charge in [0.15, 0.2) is 0 Å². The van der Waals surface area contributed by atoms with Crippen LogP contribution in [0.2, 0.25) is 0 Å². The first kappa shape index (κ1) is 18.0. The molecule has 4 aromatic rings. The number of hydrogen-bond acceptors (Lipinski definition) is 5. The fraction of sp³-hybridized carbons (Fsp3) is 0.300. The van der Waals surface area contributed by atoms with E-state index in [9.17, 15) is 4.79 Å². The first-order chi connectivity index (χ1) is 13.5. The van der Waals surface area contributed by atoms with Crippen molar-refractivity contribution in [1.82, 2.24) is 29.3 Å². The normalized spacial score (nSPS) is 11.2. The maximum absolute atomic E-state index is 12.7. The lowest BCUT2D eigenvalue weighted by atomic mass is 10.1. The van der Waals surface area contributed by atoms with Gasteiger partial charge >= 0.3 is 0 Å².